The van der Waals surface area contributed by atoms with E-state index in [1.807, 2.05) is 0 Å². The van der Waals surface area contributed by atoms with Crippen LogP contribution in [0.5, 0.6) is 0 Å². The van der Waals surface area contributed by atoms with Crippen LogP contribution < -0.4 is 10.2 Å². The molecule has 1 fully saturated rings. The molecule has 1 atom stereocenters. The van der Waals surface area contributed by atoms with E-state index in [2.05, 4.69) is 48.3 Å². The zero-order chi connectivity index (χ0) is 15.2. The van der Waals surface area contributed by atoms with Gasteiger partial charge in [0.1, 0.15) is 0 Å². The molecule has 0 bridgehead atoms. The first-order valence-corrected chi connectivity index (χ1v) is 9.08. The van der Waals surface area contributed by atoms with Gasteiger partial charge >= 0.3 is 0 Å². The minimum absolute atomic E-state index is 0.597. The van der Waals surface area contributed by atoms with Gasteiger partial charge in [0.05, 0.1) is 5.69 Å². The highest BCUT2D eigenvalue weighted by Crippen LogP contribution is 2.25. The number of anilines is 1. The van der Waals surface area contributed by atoms with Gasteiger partial charge in [0.15, 0.2) is 5.13 Å². The van der Waals surface area contributed by atoms with E-state index in [9.17, 15) is 0 Å². The SMILES string of the molecule is CCC1CN(C)CCCN1c1nc(CNCC(C)C)cs1. The molecule has 0 aliphatic carbocycles. The largest absolute Gasteiger partial charge is 0.344 e. The number of hydrogen-bond acceptors (Lipinski definition) is 5. The molecule has 1 N–H and O–H groups in total. The summed E-state index contributed by atoms with van der Waals surface area (Å²) in [4.78, 5) is 9.84. The topological polar surface area (TPSA) is 31.4 Å². The van der Waals surface area contributed by atoms with Crippen molar-refractivity contribution >= 4 is 16.5 Å². The van der Waals surface area contributed by atoms with Gasteiger partial charge in [-0.15, -0.1) is 11.3 Å². The molecule has 0 spiro atoms. The van der Waals surface area contributed by atoms with E-state index >= 15 is 0 Å². The van der Waals surface area contributed by atoms with Crippen molar-refractivity contribution in [3.8, 4) is 0 Å². The van der Waals surface area contributed by atoms with Crippen LogP contribution in [0, 0.1) is 5.92 Å². The van der Waals surface area contributed by atoms with E-state index < -0.39 is 0 Å². The molecule has 1 aromatic heterocycles. The number of nitrogens with zero attached hydrogens (tertiary/aromatic N) is 3. The first-order chi connectivity index (χ1) is 10.1. The highest BCUT2D eigenvalue weighted by atomic mass is 32.1. The number of nitrogens with one attached hydrogen (secondary N) is 1. The van der Waals surface area contributed by atoms with Crippen molar-refractivity contribution in [2.24, 2.45) is 5.92 Å². The second-order valence-electron chi connectivity index (χ2n) is 6.52. The van der Waals surface area contributed by atoms with E-state index in [1.54, 1.807) is 11.3 Å². The average molecular weight is 311 g/mol. The van der Waals surface area contributed by atoms with Gasteiger partial charge < -0.3 is 15.1 Å². The number of thiazole rings is 1. The first kappa shape index (κ1) is 16.7. The zero-order valence-corrected chi connectivity index (χ0v) is 14.7. The summed E-state index contributed by atoms with van der Waals surface area (Å²) in [6, 6.07) is 0.597. The maximum Gasteiger partial charge on any atom is 0.185 e. The second kappa shape index (κ2) is 8.11. The molecule has 1 unspecified atom stereocenters. The summed E-state index contributed by atoms with van der Waals surface area (Å²) in [5, 5.41) is 6.90. The van der Waals surface area contributed by atoms with Crippen molar-refractivity contribution in [3.63, 3.8) is 0 Å². The summed E-state index contributed by atoms with van der Waals surface area (Å²) in [5.41, 5.74) is 1.18. The summed E-state index contributed by atoms with van der Waals surface area (Å²) in [6.07, 6.45) is 2.42. The fourth-order valence-corrected chi connectivity index (χ4v) is 3.77. The van der Waals surface area contributed by atoms with Gasteiger partial charge in [0.25, 0.3) is 0 Å². The first-order valence-electron chi connectivity index (χ1n) is 8.20. The molecule has 0 aromatic carbocycles. The van der Waals surface area contributed by atoms with Crippen LogP contribution in [0.25, 0.3) is 0 Å². The van der Waals surface area contributed by atoms with Crippen LogP contribution in [0.4, 0.5) is 5.13 Å². The van der Waals surface area contributed by atoms with Gasteiger partial charge in [0.2, 0.25) is 0 Å². The third-order valence-corrected chi connectivity index (χ3v) is 4.94. The maximum atomic E-state index is 4.86. The van der Waals surface area contributed by atoms with Crippen molar-refractivity contribution in [2.45, 2.75) is 46.2 Å². The fourth-order valence-electron chi connectivity index (χ4n) is 2.84. The van der Waals surface area contributed by atoms with Gasteiger partial charge in [-0.1, -0.05) is 20.8 Å². The summed E-state index contributed by atoms with van der Waals surface area (Å²) in [6.45, 7) is 12.2. The normalized spacial score (nSPS) is 21.0. The van der Waals surface area contributed by atoms with Crippen LogP contribution >= 0.6 is 11.3 Å². The van der Waals surface area contributed by atoms with Crippen LogP contribution in [0.1, 0.15) is 39.3 Å². The lowest BCUT2D eigenvalue weighted by atomic mass is 10.2. The third kappa shape index (κ3) is 4.94. The zero-order valence-electron chi connectivity index (χ0n) is 13.9. The standard InChI is InChI=1S/C16H30N4S/c1-5-15-11-19(4)7-6-8-20(15)16-18-14(12-21-16)10-17-9-13(2)3/h12-13,15,17H,5-11H2,1-4H3. The van der Waals surface area contributed by atoms with Crippen LogP contribution in [0.3, 0.4) is 0 Å². The Kier molecular flexibility index (Phi) is 6.45. The summed E-state index contributed by atoms with van der Waals surface area (Å²) in [5.74, 6) is 0.689. The van der Waals surface area contributed by atoms with Crippen LogP contribution in [-0.4, -0.2) is 49.2 Å². The minimum Gasteiger partial charge on any atom is -0.344 e. The lowest BCUT2D eigenvalue weighted by Gasteiger charge is -2.29. The lowest BCUT2D eigenvalue weighted by molar-refractivity contribution is 0.328. The summed E-state index contributed by atoms with van der Waals surface area (Å²) < 4.78 is 0. The van der Waals surface area contributed by atoms with Crippen molar-refractivity contribution < 1.29 is 0 Å². The smallest absolute Gasteiger partial charge is 0.185 e. The Morgan fingerprint density at radius 2 is 2.24 bits per heavy atom. The molecule has 1 saturated heterocycles. The van der Waals surface area contributed by atoms with Gasteiger partial charge in [-0.25, -0.2) is 4.98 Å². The highest BCUT2D eigenvalue weighted by molar-refractivity contribution is 7.13. The molecule has 2 heterocycles. The van der Waals surface area contributed by atoms with Crippen molar-refractivity contribution in [2.75, 3.05) is 38.1 Å². The Bertz CT molecular complexity index is 418. The number of aromatic nitrogens is 1. The van der Waals surface area contributed by atoms with Gasteiger partial charge in [0, 0.05) is 31.1 Å². The maximum absolute atomic E-state index is 4.86. The molecule has 1 aliphatic heterocycles. The molecule has 4 nitrogen and oxygen atoms in total. The monoisotopic (exact) mass is 310 g/mol. The average Bonchev–Trinajstić information content (AvgIpc) is 2.81. The van der Waals surface area contributed by atoms with Crippen molar-refractivity contribution in [1.29, 1.82) is 0 Å². The second-order valence-corrected chi connectivity index (χ2v) is 7.35. The Morgan fingerprint density at radius 3 is 2.95 bits per heavy atom. The van der Waals surface area contributed by atoms with Crippen molar-refractivity contribution in [1.82, 2.24) is 15.2 Å². The summed E-state index contributed by atoms with van der Waals surface area (Å²) in [7, 11) is 2.23. The highest BCUT2D eigenvalue weighted by Gasteiger charge is 2.24. The predicted octanol–water partition coefficient (Wildman–Crippen LogP) is 2.81. The van der Waals surface area contributed by atoms with Crippen molar-refractivity contribution in [3.05, 3.63) is 11.1 Å². The molecule has 1 aliphatic rings. The molecule has 5 heteroatoms. The molecule has 0 amide bonds. The van der Waals surface area contributed by atoms with Crippen LogP contribution in [-0.2, 0) is 6.54 Å². The Hall–Kier alpha value is -0.650. The molecule has 2 rings (SSSR count). The number of hydrogen-bond donors (Lipinski definition) is 1. The molecular weight excluding hydrogens is 280 g/mol. The van der Waals surface area contributed by atoms with Gasteiger partial charge in [-0.2, -0.15) is 0 Å². The Labute approximate surface area is 133 Å². The van der Waals surface area contributed by atoms with E-state index in [0.29, 0.717) is 12.0 Å². The van der Waals surface area contributed by atoms with Gasteiger partial charge in [-0.3, -0.25) is 0 Å². The lowest BCUT2D eigenvalue weighted by Crippen LogP contribution is -2.39. The quantitative estimate of drug-likeness (QED) is 0.875. The van der Waals surface area contributed by atoms with E-state index in [-0.39, 0.29) is 0 Å². The Balaban J connectivity index is 1.98. The van der Waals surface area contributed by atoms with Crippen LogP contribution in [0.15, 0.2) is 5.38 Å². The minimum atomic E-state index is 0.597. The summed E-state index contributed by atoms with van der Waals surface area (Å²) >= 11 is 1.80. The Morgan fingerprint density at radius 1 is 1.43 bits per heavy atom. The number of likely N-dealkylation sites (N-methyl/N-ethyl adjacent to an activating group) is 1. The fraction of sp³-hybridized carbons (Fsp3) is 0.812. The molecule has 120 valence electrons. The molecule has 1 aromatic rings. The molecule has 0 saturated carbocycles. The van der Waals surface area contributed by atoms with Crippen LogP contribution in [0.2, 0.25) is 0 Å². The third-order valence-electron chi connectivity index (χ3n) is 4.02. The molecule has 21 heavy (non-hydrogen) atoms. The predicted molar refractivity (Wildman–Crippen MR) is 92.2 cm³/mol. The van der Waals surface area contributed by atoms with Gasteiger partial charge in [-0.05, 0) is 38.9 Å². The van der Waals surface area contributed by atoms with E-state index in [4.69, 9.17) is 4.98 Å². The van der Waals surface area contributed by atoms with E-state index in [0.717, 1.165) is 26.2 Å². The molecule has 0 radical (unpaired) electrons. The number of rotatable bonds is 6. The molecular formula is C16H30N4S. The van der Waals surface area contributed by atoms with E-state index in [1.165, 1.54) is 30.2 Å².